The Labute approximate surface area is 172 Å². The SMILES string of the molecule is CO[C@H]1[C@H]2OC(=O)N1C(=O)[C@]13CC[C@H](C[C@H]1OCCOC(=O)C2(Cl)Cl)C3(C)C. The van der Waals surface area contributed by atoms with Gasteiger partial charge in [0.05, 0.1) is 18.1 Å². The number of carbonyl (C=O) groups is 3. The number of halogens is 2. The summed E-state index contributed by atoms with van der Waals surface area (Å²) < 4.78 is 19.5. The van der Waals surface area contributed by atoms with Gasteiger partial charge in [0.15, 0.2) is 12.3 Å². The van der Waals surface area contributed by atoms with Crippen LogP contribution in [0.1, 0.15) is 33.1 Å². The quantitative estimate of drug-likeness (QED) is 0.460. The molecule has 2 aliphatic carbocycles. The van der Waals surface area contributed by atoms with E-state index in [1.165, 1.54) is 7.11 Å². The molecule has 4 fully saturated rings. The van der Waals surface area contributed by atoms with Crippen LogP contribution in [0.4, 0.5) is 4.79 Å². The molecule has 0 aromatic carbocycles. The number of methoxy groups -OCH3 is 1. The Morgan fingerprint density at radius 2 is 1.89 bits per heavy atom. The molecule has 28 heavy (non-hydrogen) atoms. The van der Waals surface area contributed by atoms with Crippen molar-refractivity contribution >= 4 is 41.2 Å². The first-order chi connectivity index (χ1) is 13.1. The molecule has 0 aromatic rings. The number of amides is 2. The van der Waals surface area contributed by atoms with E-state index in [-0.39, 0.29) is 24.5 Å². The summed E-state index contributed by atoms with van der Waals surface area (Å²) in [4.78, 5) is 39.8. The average molecular weight is 436 g/mol. The number of fused-ring (bicyclic) bond motifs is 3. The monoisotopic (exact) mass is 435 g/mol. The van der Waals surface area contributed by atoms with Gasteiger partial charge in [-0.2, -0.15) is 0 Å². The minimum Gasteiger partial charge on any atom is -0.461 e. The molecule has 4 rings (SSSR count). The van der Waals surface area contributed by atoms with Crippen molar-refractivity contribution in [2.24, 2.45) is 16.7 Å². The van der Waals surface area contributed by atoms with E-state index in [1.807, 2.05) is 13.8 Å². The predicted octanol–water partition coefficient (Wildman–Crippen LogP) is 2.25. The molecule has 4 aliphatic rings. The standard InChI is InChI=1S/C18H23Cl2NO7/c1-16(2)9-4-5-17(16)10(8-9)26-6-7-27-14(23)18(19,20)11-12(25-3)21(13(17)22)15(24)28-11/h9-12H,4-8H2,1-3H3/t9-,10-,11-,12+,17+/m1/s1. The van der Waals surface area contributed by atoms with Gasteiger partial charge in [0.1, 0.15) is 6.61 Å². The smallest absolute Gasteiger partial charge is 0.419 e. The minimum absolute atomic E-state index is 0.0755. The lowest BCUT2D eigenvalue weighted by atomic mass is 9.67. The Morgan fingerprint density at radius 3 is 2.54 bits per heavy atom. The molecule has 156 valence electrons. The molecule has 5 atom stereocenters. The molecular formula is C18H23Cl2NO7. The zero-order valence-electron chi connectivity index (χ0n) is 15.9. The van der Waals surface area contributed by atoms with Gasteiger partial charge in [-0.05, 0) is 30.6 Å². The highest BCUT2D eigenvalue weighted by Gasteiger charge is 2.72. The molecule has 4 bridgehead atoms. The fourth-order valence-electron chi connectivity index (χ4n) is 5.52. The van der Waals surface area contributed by atoms with Crippen LogP contribution < -0.4 is 0 Å². The van der Waals surface area contributed by atoms with E-state index in [0.29, 0.717) is 12.8 Å². The van der Waals surface area contributed by atoms with Crippen LogP contribution in [0.5, 0.6) is 0 Å². The Kier molecular flexibility index (Phi) is 4.65. The number of rotatable bonds is 1. The van der Waals surface area contributed by atoms with Gasteiger partial charge in [0.25, 0.3) is 4.33 Å². The molecule has 0 N–H and O–H groups in total. The number of ether oxygens (including phenoxy) is 4. The zero-order chi connectivity index (χ0) is 20.5. The summed E-state index contributed by atoms with van der Waals surface area (Å²) in [6, 6.07) is 0. The fraction of sp³-hybridized carbons (Fsp3) is 0.833. The third-order valence-corrected chi connectivity index (χ3v) is 7.89. The van der Waals surface area contributed by atoms with E-state index in [4.69, 9.17) is 42.1 Å². The van der Waals surface area contributed by atoms with E-state index >= 15 is 0 Å². The van der Waals surface area contributed by atoms with Crippen LogP contribution >= 0.6 is 23.2 Å². The lowest BCUT2D eigenvalue weighted by Crippen LogP contribution is -2.58. The summed E-state index contributed by atoms with van der Waals surface area (Å²) in [5.41, 5.74) is -1.29. The van der Waals surface area contributed by atoms with Crippen LogP contribution in [0.15, 0.2) is 0 Å². The van der Waals surface area contributed by atoms with Crippen LogP contribution in [0.2, 0.25) is 0 Å². The van der Waals surface area contributed by atoms with Gasteiger partial charge in [-0.15, -0.1) is 0 Å². The van der Waals surface area contributed by atoms with Crippen molar-refractivity contribution in [1.29, 1.82) is 0 Å². The lowest BCUT2D eigenvalue weighted by molar-refractivity contribution is -0.170. The average Bonchev–Trinajstić information content (AvgIpc) is 3.19. The molecule has 2 saturated carbocycles. The molecule has 2 saturated heterocycles. The summed E-state index contributed by atoms with van der Waals surface area (Å²) in [6.07, 6.45) is -1.86. The van der Waals surface area contributed by atoms with Crippen LogP contribution in [0.25, 0.3) is 0 Å². The normalized spacial score (nSPS) is 41.8. The summed E-state index contributed by atoms with van der Waals surface area (Å²) >= 11 is 12.4. The van der Waals surface area contributed by atoms with Gasteiger partial charge >= 0.3 is 12.1 Å². The first-order valence-corrected chi connectivity index (χ1v) is 10.1. The second-order valence-electron chi connectivity index (χ2n) is 8.39. The number of imide groups is 1. The van der Waals surface area contributed by atoms with Crippen molar-refractivity contribution in [3.63, 3.8) is 0 Å². The summed E-state index contributed by atoms with van der Waals surface area (Å²) in [5.74, 6) is -1.14. The summed E-state index contributed by atoms with van der Waals surface area (Å²) in [6.45, 7) is 4.09. The number of nitrogens with zero attached hydrogens (tertiary/aromatic N) is 1. The largest absolute Gasteiger partial charge is 0.461 e. The Morgan fingerprint density at radius 1 is 1.18 bits per heavy atom. The second-order valence-corrected chi connectivity index (χ2v) is 9.77. The van der Waals surface area contributed by atoms with Crippen LogP contribution in [-0.2, 0) is 28.5 Å². The lowest BCUT2D eigenvalue weighted by Gasteiger charge is -2.43. The van der Waals surface area contributed by atoms with Crippen LogP contribution in [-0.4, -0.2) is 66.0 Å². The van der Waals surface area contributed by atoms with Gasteiger partial charge in [0.2, 0.25) is 5.91 Å². The predicted molar refractivity (Wildman–Crippen MR) is 96.6 cm³/mol. The van der Waals surface area contributed by atoms with Gasteiger partial charge in [-0.3, -0.25) is 4.79 Å². The van der Waals surface area contributed by atoms with Gasteiger partial charge in [0, 0.05) is 7.11 Å². The van der Waals surface area contributed by atoms with Crippen molar-refractivity contribution in [3.05, 3.63) is 0 Å². The Balaban J connectivity index is 1.82. The summed E-state index contributed by atoms with van der Waals surface area (Å²) in [5, 5.41) is 0. The van der Waals surface area contributed by atoms with Crippen molar-refractivity contribution in [1.82, 2.24) is 4.90 Å². The zero-order valence-corrected chi connectivity index (χ0v) is 17.4. The summed E-state index contributed by atoms with van der Waals surface area (Å²) in [7, 11) is 1.30. The molecule has 0 aromatic heterocycles. The van der Waals surface area contributed by atoms with E-state index in [1.54, 1.807) is 0 Å². The van der Waals surface area contributed by atoms with Gasteiger partial charge in [-0.25, -0.2) is 14.5 Å². The van der Waals surface area contributed by atoms with Crippen molar-refractivity contribution in [3.8, 4) is 0 Å². The Bertz CT molecular complexity index is 727. The maximum absolute atomic E-state index is 13.8. The molecule has 8 nitrogen and oxygen atoms in total. The number of carbonyl (C=O) groups excluding carboxylic acids is 3. The second kappa shape index (κ2) is 6.45. The highest BCUT2D eigenvalue weighted by atomic mass is 35.5. The molecule has 10 heteroatoms. The van der Waals surface area contributed by atoms with E-state index in [9.17, 15) is 14.4 Å². The highest BCUT2D eigenvalue weighted by Crippen LogP contribution is 2.67. The van der Waals surface area contributed by atoms with Crippen LogP contribution in [0.3, 0.4) is 0 Å². The molecule has 2 aliphatic heterocycles. The number of hydrogen-bond acceptors (Lipinski definition) is 7. The van der Waals surface area contributed by atoms with Gasteiger partial charge < -0.3 is 18.9 Å². The third-order valence-electron chi connectivity index (χ3n) is 7.15. The molecule has 2 heterocycles. The first kappa shape index (κ1) is 20.2. The third kappa shape index (κ3) is 2.41. The van der Waals surface area contributed by atoms with Gasteiger partial charge in [-0.1, -0.05) is 37.0 Å². The Hall–Kier alpha value is -1.09. The van der Waals surface area contributed by atoms with E-state index in [0.717, 1.165) is 11.3 Å². The number of cyclic esters (lactones) is 1. The number of alkyl halides is 2. The first-order valence-electron chi connectivity index (χ1n) is 9.32. The van der Waals surface area contributed by atoms with Crippen molar-refractivity contribution < 1.29 is 33.3 Å². The number of esters is 1. The maximum Gasteiger partial charge on any atom is 0.419 e. The van der Waals surface area contributed by atoms with Crippen LogP contribution in [0, 0.1) is 16.7 Å². The minimum atomic E-state index is -2.23. The maximum atomic E-state index is 13.8. The fourth-order valence-corrected chi connectivity index (χ4v) is 5.94. The van der Waals surface area contributed by atoms with Crippen molar-refractivity contribution in [2.75, 3.05) is 20.3 Å². The molecule has 0 radical (unpaired) electrons. The molecular weight excluding hydrogens is 413 g/mol. The van der Waals surface area contributed by atoms with E-state index < -0.39 is 46.2 Å². The number of hydrogen-bond donors (Lipinski definition) is 0. The van der Waals surface area contributed by atoms with Crippen molar-refractivity contribution in [2.45, 2.75) is 55.9 Å². The molecule has 2 amide bonds. The highest BCUT2D eigenvalue weighted by molar-refractivity contribution is 6.58. The van der Waals surface area contributed by atoms with E-state index in [2.05, 4.69) is 0 Å². The molecule has 0 unspecified atom stereocenters. The molecule has 1 spiro atoms. The topological polar surface area (TPSA) is 91.4 Å².